The third-order valence-electron chi connectivity index (χ3n) is 7.29. The summed E-state index contributed by atoms with van der Waals surface area (Å²) in [6.45, 7) is 5.71. The molecule has 0 amide bonds. The van der Waals surface area contributed by atoms with Crippen molar-refractivity contribution in [2.24, 2.45) is 5.73 Å². The van der Waals surface area contributed by atoms with Crippen molar-refractivity contribution in [2.45, 2.75) is 75.9 Å². The molecule has 0 bridgehead atoms. The van der Waals surface area contributed by atoms with Crippen LogP contribution in [0.5, 0.6) is 0 Å². The van der Waals surface area contributed by atoms with Crippen molar-refractivity contribution in [1.82, 2.24) is 24.4 Å². The predicted octanol–water partition coefficient (Wildman–Crippen LogP) is 4.02. The van der Waals surface area contributed by atoms with Crippen LogP contribution in [0, 0.1) is 0 Å². The van der Waals surface area contributed by atoms with Gasteiger partial charge in [-0.3, -0.25) is 4.90 Å². The molecule has 1 saturated heterocycles. The molecule has 5 rings (SSSR count). The Morgan fingerprint density at radius 3 is 2.40 bits per heavy atom. The number of morpholine rings is 1. The van der Waals surface area contributed by atoms with Crippen LogP contribution < -0.4 is 16.4 Å². The second-order valence-corrected chi connectivity index (χ2v) is 9.65. The van der Waals surface area contributed by atoms with E-state index in [1.807, 2.05) is 6.33 Å². The van der Waals surface area contributed by atoms with Crippen LogP contribution in [0.4, 0.5) is 11.8 Å². The second kappa shape index (κ2) is 14.6. The first-order valence-corrected chi connectivity index (χ1v) is 12.6. The summed E-state index contributed by atoms with van der Waals surface area (Å²) in [5, 5.41) is 7.17. The van der Waals surface area contributed by atoms with Gasteiger partial charge >= 0.3 is 0 Å². The zero-order valence-corrected chi connectivity index (χ0v) is 22.8. The van der Waals surface area contributed by atoms with Gasteiger partial charge < -0.3 is 25.7 Å². The van der Waals surface area contributed by atoms with E-state index in [1.54, 1.807) is 0 Å². The molecule has 2 aromatic heterocycles. The fourth-order valence-electron chi connectivity index (χ4n) is 5.33. The molecule has 2 saturated carbocycles. The number of imidazole rings is 1. The minimum atomic E-state index is 0. The Labute approximate surface area is 227 Å². The number of nitrogens with one attached hydrogen (secondary N) is 2. The molecule has 12 heteroatoms. The van der Waals surface area contributed by atoms with E-state index in [4.69, 9.17) is 25.4 Å². The molecule has 0 atom stereocenters. The van der Waals surface area contributed by atoms with Gasteiger partial charge in [0.05, 0.1) is 19.5 Å². The van der Waals surface area contributed by atoms with Gasteiger partial charge in [-0.25, -0.2) is 4.98 Å². The van der Waals surface area contributed by atoms with E-state index in [0.717, 1.165) is 88.5 Å². The van der Waals surface area contributed by atoms with Crippen LogP contribution >= 0.6 is 37.2 Å². The van der Waals surface area contributed by atoms with Crippen molar-refractivity contribution >= 4 is 60.2 Å². The number of ether oxygens (including phenoxy) is 1. The Balaban J connectivity index is 0.00000144. The normalized spacial score (nSPS) is 23.2. The molecule has 3 aliphatic rings. The molecule has 3 heterocycles. The molecule has 4 N–H and O–H groups in total. The van der Waals surface area contributed by atoms with Crippen molar-refractivity contribution in [3.63, 3.8) is 0 Å². The zero-order chi connectivity index (χ0) is 21.8. The molecule has 0 spiro atoms. The van der Waals surface area contributed by atoms with Gasteiger partial charge in [0, 0.05) is 37.8 Å². The number of halogens is 3. The molecule has 0 radical (unpaired) electrons. The number of hydrogen-bond acceptors (Lipinski definition) is 8. The Morgan fingerprint density at radius 2 is 1.69 bits per heavy atom. The molecule has 1 aliphatic heterocycles. The predicted molar refractivity (Wildman–Crippen MR) is 149 cm³/mol. The maximum Gasteiger partial charge on any atom is 0.227 e. The summed E-state index contributed by atoms with van der Waals surface area (Å²) in [6.07, 6.45) is 12.3. The topological polar surface area (TPSA) is 106 Å². The van der Waals surface area contributed by atoms with Crippen LogP contribution in [-0.2, 0) is 4.74 Å². The van der Waals surface area contributed by atoms with E-state index in [0.29, 0.717) is 24.1 Å². The SMILES string of the molecule is Cl.Cl.Cl.N[C@H]1CC[C@H](Nc2nc(NCCCN3CCOCC3)c3ncn(C4CCCC4)c3n2)CC1. The summed E-state index contributed by atoms with van der Waals surface area (Å²) < 4.78 is 7.73. The average molecular weight is 552 g/mol. The van der Waals surface area contributed by atoms with Crippen molar-refractivity contribution in [2.75, 3.05) is 50.0 Å². The second-order valence-electron chi connectivity index (χ2n) is 9.65. The van der Waals surface area contributed by atoms with Crippen LogP contribution in [0.15, 0.2) is 6.33 Å². The lowest BCUT2D eigenvalue weighted by molar-refractivity contribution is 0.0378. The van der Waals surface area contributed by atoms with Gasteiger partial charge in [0.1, 0.15) is 0 Å². The van der Waals surface area contributed by atoms with Gasteiger partial charge in [-0.05, 0) is 51.5 Å². The highest BCUT2D eigenvalue weighted by Crippen LogP contribution is 2.33. The van der Waals surface area contributed by atoms with Crippen LogP contribution in [0.1, 0.15) is 63.8 Å². The fraction of sp³-hybridized carbons (Fsp3) is 0.783. The monoisotopic (exact) mass is 550 g/mol. The summed E-state index contributed by atoms with van der Waals surface area (Å²) in [5.74, 6) is 1.57. The third kappa shape index (κ3) is 7.69. The van der Waals surface area contributed by atoms with Gasteiger partial charge in [-0.1, -0.05) is 12.8 Å². The number of hydrogen-bond donors (Lipinski definition) is 3. The van der Waals surface area contributed by atoms with Gasteiger partial charge in [0.15, 0.2) is 17.0 Å². The quantitative estimate of drug-likeness (QED) is 0.422. The molecule has 9 nitrogen and oxygen atoms in total. The molecule has 35 heavy (non-hydrogen) atoms. The summed E-state index contributed by atoms with van der Waals surface area (Å²) in [7, 11) is 0. The number of fused-ring (bicyclic) bond motifs is 1. The maximum atomic E-state index is 6.10. The number of nitrogens with zero attached hydrogens (tertiary/aromatic N) is 5. The van der Waals surface area contributed by atoms with Crippen molar-refractivity contribution in [3.05, 3.63) is 6.33 Å². The lowest BCUT2D eigenvalue weighted by Gasteiger charge is -2.27. The first kappa shape index (κ1) is 30.1. The summed E-state index contributed by atoms with van der Waals surface area (Å²) in [5.41, 5.74) is 7.94. The first-order chi connectivity index (χ1) is 15.8. The van der Waals surface area contributed by atoms with Crippen molar-refractivity contribution < 1.29 is 4.74 Å². The molecule has 0 unspecified atom stereocenters. The highest BCUT2D eigenvalue weighted by atomic mass is 35.5. The smallest absolute Gasteiger partial charge is 0.227 e. The van der Waals surface area contributed by atoms with Crippen molar-refractivity contribution in [1.29, 1.82) is 0 Å². The average Bonchev–Trinajstić information content (AvgIpc) is 3.49. The van der Waals surface area contributed by atoms with Crippen LogP contribution in [0.25, 0.3) is 11.2 Å². The Hall–Kier alpha value is -1.10. The fourth-order valence-corrected chi connectivity index (χ4v) is 5.33. The third-order valence-corrected chi connectivity index (χ3v) is 7.29. The first-order valence-electron chi connectivity index (χ1n) is 12.6. The standard InChI is InChI=1S/C23H38N8O.3ClH/c24-17-6-8-18(9-7-17)27-23-28-21(25-10-3-11-30-12-14-32-15-13-30)20-22(29-23)31(16-26-20)19-4-1-2-5-19;;;/h16-19H,1-15,24H2,(H2,25,27,28,29);3*1H/t17-,18-;;;. The highest BCUT2D eigenvalue weighted by molar-refractivity contribution is 5.86. The zero-order valence-electron chi connectivity index (χ0n) is 20.4. The molecular weight excluding hydrogens is 511 g/mol. The summed E-state index contributed by atoms with van der Waals surface area (Å²) in [4.78, 5) is 17.0. The van der Waals surface area contributed by atoms with Crippen LogP contribution in [0.3, 0.4) is 0 Å². The molecular formula is C23H41Cl3N8O. The summed E-state index contributed by atoms with van der Waals surface area (Å²) >= 11 is 0. The lowest BCUT2D eigenvalue weighted by Crippen LogP contribution is -2.37. The number of aromatic nitrogens is 4. The van der Waals surface area contributed by atoms with Crippen molar-refractivity contribution in [3.8, 4) is 0 Å². The number of rotatable bonds is 8. The largest absolute Gasteiger partial charge is 0.379 e. The maximum absolute atomic E-state index is 6.10. The minimum absolute atomic E-state index is 0. The molecule has 0 aromatic carbocycles. The van der Waals surface area contributed by atoms with E-state index in [9.17, 15) is 0 Å². The van der Waals surface area contributed by atoms with E-state index in [1.165, 1.54) is 25.7 Å². The number of nitrogens with two attached hydrogens (primary N) is 1. The molecule has 2 aliphatic carbocycles. The Kier molecular flexibility index (Phi) is 12.6. The van der Waals surface area contributed by atoms with Crippen LogP contribution in [-0.4, -0.2) is 75.9 Å². The van der Waals surface area contributed by atoms with Gasteiger partial charge in [0.25, 0.3) is 0 Å². The Morgan fingerprint density at radius 1 is 0.971 bits per heavy atom. The van der Waals surface area contributed by atoms with Gasteiger partial charge in [-0.15, -0.1) is 37.2 Å². The minimum Gasteiger partial charge on any atom is -0.379 e. The lowest BCUT2D eigenvalue weighted by atomic mass is 9.92. The van der Waals surface area contributed by atoms with Gasteiger partial charge in [-0.2, -0.15) is 9.97 Å². The van der Waals surface area contributed by atoms with Crippen LogP contribution in [0.2, 0.25) is 0 Å². The molecule has 3 fully saturated rings. The Bertz CT molecular complexity index is 881. The van der Waals surface area contributed by atoms with E-state index < -0.39 is 0 Å². The van der Waals surface area contributed by atoms with E-state index in [-0.39, 0.29) is 37.2 Å². The highest BCUT2D eigenvalue weighted by Gasteiger charge is 2.24. The number of anilines is 2. The van der Waals surface area contributed by atoms with E-state index >= 15 is 0 Å². The molecule has 2 aromatic rings. The van der Waals surface area contributed by atoms with E-state index in [2.05, 4.69) is 20.1 Å². The molecule has 200 valence electrons. The summed E-state index contributed by atoms with van der Waals surface area (Å²) in [6, 6.07) is 1.23. The van der Waals surface area contributed by atoms with Gasteiger partial charge in [0.2, 0.25) is 5.95 Å².